The molecule has 0 aromatic heterocycles. The van der Waals surface area contributed by atoms with Gasteiger partial charge in [0, 0.05) is 12.6 Å². The van der Waals surface area contributed by atoms with Gasteiger partial charge < -0.3 is 10.1 Å². The number of nitrogens with one attached hydrogen (secondary N) is 1. The molecule has 1 saturated carbocycles. The van der Waals surface area contributed by atoms with E-state index in [4.69, 9.17) is 4.74 Å². The Balaban J connectivity index is 2.41. The molecule has 0 saturated heterocycles. The molecule has 1 rings (SSSR count). The minimum atomic E-state index is -0.192. The van der Waals surface area contributed by atoms with Crippen LogP contribution in [0.4, 0.5) is 0 Å². The summed E-state index contributed by atoms with van der Waals surface area (Å²) in [6.07, 6.45) is 4.96. The molecule has 4 heteroatoms. The fraction of sp³-hybridized carbons (Fsp3) is 0.917. The number of ether oxygens (including phenoxy) is 1. The summed E-state index contributed by atoms with van der Waals surface area (Å²) >= 11 is 0. The van der Waals surface area contributed by atoms with Gasteiger partial charge >= 0.3 is 5.97 Å². The lowest BCUT2D eigenvalue weighted by Gasteiger charge is -2.25. The van der Waals surface area contributed by atoms with E-state index in [1.807, 2.05) is 7.05 Å². The van der Waals surface area contributed by atoms with E-state index >= 15 is 0 Å². The van der Waals surface area contributed by atoms with Gasteiger partial charge in [-0.05, 0) is 32.9 Å². The number of carbonyl (C=O) groups is 1. The third-order valence-electron chi connectivity index (χ3n) is 3.11. The SMILES string of the molecule is CCCCN(CC(NC)C(=O)OC)C1CC1. The molecule has 1 atom stereocenters. The van der Waals surface area contributed by atoms with Crippen molar-refractivity contribution in [1.82, 2.24) is 10.2 Å². The van der Waals surface area contributed by atoms with Crippen LogP contribution in [0.3, 0.4) is 0 Å². The van der Waals surface area contributed by atoms with Crippen molar-refractivity contribution < 1.29 is 9.53 Å². The highest BCUT2D eigenvalue weighted by Crippen LogP contribution is 2.27. The number of carbonyl (C=O) groups excluding carboxylic acids is 1. The number of nitrogens with zero attached hydrogens (tertiary/aromatic N) is 1. The second kappa shape index (κ2) is 6.86. The standard InChI is InChI=1S/C12H24N2O2/c1-4-5-8-14(10-6-7-10)9-11(13-2)12(15)16-3/h10-11,13H,4-9H2,1-3H3. The van der Waals surface area contributed by atoms with E-state index in [0.717, 1.165) is 13.1 Å². The molecule has 94 valence electrons. The van der Waals surface area contributed by atoms with E-state index in [1.165, 1.54) is 32.8 Å². The normalized spacial score (nSPS) is 17.5. The molecule has 0 heterocycles. The highest BCUT2D eigenvalue weighted by atomic mass is 16.5. The van der Waals surface area contributed by atoms with E-state index in [2.05, 4.69) is 17.1 Å². The predicted molar refractivity (Wildman–Crippen MR) is 64.4 cm³/mol. The molecular formula is C12H24N2O2. The monoisotopic (exact) mass is 228 g/mol. The van der Waals surface area contributed by atoms with E-state index in [1.54, 1.807) is 0 Å². The maximum Gasteiger partial charge on any atom is 0.324 e. The minimum absolute atomic E-state index is 0.162. The number of hydrogen-bond donors (Lipinski definition) is 1. The summed E-state index contributed by atoms with van der Waals surface area (Å²) in [4.78, 5) is 13.9. The fourth-order valence-corrected chi connectivity index (χ4v) is 1.88. The number of methoxy groups -OCH3 is 1. The third kappa shape index (κ3) is 4.10. The van der Waals surface area contributed by atoms with Gasteiger partial charge in [0.15, 0.2) is 0 Å². The Morgan fingerprint density at radius 2 is 2.25 bits per heavy atom. The van der Waals surface area contributed by atoms with Crippen LogP contribution >= 0.6 is 0 Å². The minimum Gasteiger partial charge on any atom is -0.468 e. The molecule has 16 heavy (non-hydrogen) atoms. The molecule has 0 amide bonds. The van der Waals surface area contributed by atoms with E-state index in [0.29, 0.717) is 6.04 Å². The van der Waals surface area contributed by atoms with Crippen LogP contribution in [0, 0.1) is 0 Å². The first-order valence-electron chi connectivity index (χ1n) is 6.22. The summed E-state index contributed by atoms with van der Waals surface area (Å²) in [7, 11) is 3.26. The summed E-state index contributed by atoms with van der Waals surface area (Å²) in [6.45, 7) is 4.06. The summed E-state index contributed by atoms with van der Waals surface area (Å²) in [5.74, 6) is -0.162. The van der Waals surface area contributed by atoms with Gasteiger partial charge in [0.1, 0.15) is 6.04 Å². The molecular weight excluding hydrogens is 204 g/mol. The second-order valence-corrected chi connectivity index (χ2v) is 4.44. The van der Waals surface area contributed by atoms with Crippen LogP contribution in [0.2, 0.25) is 0 Å². The first-order valence-corrected chi connectivity index (χ1v) is 6.22. The molecule has 1 aliphatic carbocycles. The first kappa shape index (κ1) is 13.5. The van der Waals surface area contributed by atoms with E-state index in [-0.39, 0.29) is 12.0 Å². The highest BCUT2D eigenvalue weighted by Gasteiger charge is 2.31. The number of likely N-dealkylation sites (N-methyl/N-ethyl adjacent to an activating group) is 1. The van der Waals surface area contributed by atoms with Crippen molar-refractivity contribution in [3.8, 4) is 0 Å². The van der Waals surface area contributed by atoms with E-state index < -0.39 is 0 Å². The number of hydrogen-bond acceptors (Lipinski definition) is 4. The molecule has 0 aromatic carbocycles. The van der Waals surface area contributed by atoms with Crippen molar-refractivity contribution in [2.75, 3.05) is 27.2 Å². The molecule has 0 bridgehead atoms. The van der Waals surface area contributed by atoms with Crippen molar-refractivity contribution in [2.45, 2.75) is 44.7 Å². The fourth-order valence-electron chi connectivity index (χ4n) is 1.88. The van der Waals surface area contributed by atoms with Crippen molar-refractivity contribution in [3.63, 3.8) is 0 Å². The average molecular weight is 228 g/mol. The Labute approximate surface area is 98.3 Å². The Morgan fingerprint density at radius 3 is 2.69 bits per heavy atom. The number of esters is 1. The van der Waals surface area contributed by atoms with Crippen molar-refractivity contribution in [3.05, 3.63) is 0 Å². The lowest BCUT2D eigenvalue weighted by Crippen LogP contribution is -2.46. The maximum absolute atomic E-state index is 11.5. The van der Waals surface area contributed by atoms with Gasteiger partial charge in [-0.1, -0.05) is 13.3 Å². The molecule has 0 spiro atoms. The third-order valence-corrected chi connectivity index (χ3v) is 3.11. The number of rotatable bonds is 8. The van der Waals surface area contributed by atoms with Crippen LogP contribution in [0.5, 0.6) is 0 Å². The molecule has 0 radical (unpaired) electrons. The van der Waals surface area contributed by atoms with Crippen molar-refractivity contribution in [2.24, 2.45) is 0 Å². The lowest BCUT2D eigenvalue weighted by molar-refractivity contribution is -0.143. The molecule has 0 aliphatic heterocycles. The first-order chi connectivity index (χ1) is 7.72. The van der Waals surface area contributed by atoms with Gasteiger partial charge in [0.2, 0.25) is 0 Å². The smallest absolute Gasteiger partial charge is 0.324 e. The summed E-state index contributed by atoms with van der Waals surface area (Å²) < 4.78 is 4.78. The molecule has 1 unspecified atom stereocenters. The van der Waals surface area contributed by atoms with Crippen LogP contribution in [0.15, 0.2) is 0 Å². The second-order valence-electron chi connectivity index (χ2n) is 4.44. The quantitative estimate of drug-likeness (QED) is 0.630. The zero-order valence-electron chi connectivity index (χ0n) is 10.7. The zero-order chi connectivity index (χ0) is 12.0. The molecule has 0 aromatic rings. The van der Waals surface area contributed by atoms with Crippen LogP contribution in [-0.2, 0) is 9.53 Å². The van der Waals surface area contributed by atoms with Crippen LogP contribution in [0.1, 0.15) is 32.6 Å². The summed E-state index contributed by atoms with van der Waals surface area (Å²) in [5, 5.41) is 3.03. The summed E-state index contributed by atoms with van der Waals surface area (Å²) in [6, 6.07) is 0.509. The van der Waals surface area contributed by atoms with E-state index in [9.17, 15) is 4.79 Å². The Kier molecular flexibility index (Phi) is 5.77. The maximum atomic E-state index is 11.5. The highest BCUT2D eigenvalue weighted by molar-refractivity contribution is 5.75. The zero-order valence-corrected chi connectivity index (χ0v) is 10.7. The van der Waals surface area contributed by atoms with Crippen molar-refractivity contribution in [1.29, 1.82) is 0 Å². The van der Waals surface area contributed by atoms with Crippen LogP contribution < -0.4 is 5.32 Å². The molecule has 4 nitrogen and oxygen atoms in total. The predicted octanol–water partition coefficient (Wildman–Crippen LogP) is 1.01. The van der Waals surface area contributed by atoms with Gasteiger partial charge in [-0.2, -0.15) is 0 Å². The molecule has 1 fully saturated rings. The molecule has 1 N–H and O–H groups in total. The molecule has 1 aliphatic rings. The Morgan fingerprint density at radius 1 is 1.56 bits per heavy atom. The largest absolute Gasteiger partial charge is 0.468 e. The van der Waals surface area contributed by atoms with Gasteiger partial charge in [0.05, 0.1) is 7.11 Å². The topological polar surface area (TPSA) is 41.6 Å². The van der Waals surface area contributed by atoms with Gasteiger partial charge in [-0.25, -0.2) is 0 Å². The Hall–Kier alpha value is -0.610. The van der Waals surface area contributed by atoms with Gasteiger partial charge in [0.25, 0.3) is 0 Å². The van der Waals surface area contributed by atoms with Crippen LogP contribution in [-0.4, -0.2) is 50.2 Å². The Bertz CT molecular complexity index is 217. The van der Waals surface area contributed by atoms with Crippen LogP contribution in [0.25, 0.3) is 0 Å². The van der Waals surface area contributed by atoms with Gasteiger partial charge in [-0.3, -0.25) is 9.69 Å². The lowest BCUT2D eigenvalue weighted by atomic mass is 10.2. The van der Waals surface area contributed by atoms with Gasteiger partial charge in [-0.15, -0.1) is 0 Å². The number of unbranched alkanes of at least 4 members (excludes halogenated alkanes) is 1. The average Bonchev–Trinajstić information content (AvgIpc) is 3.12. The summed E-state index contributed by atoms with van der Waals surface area (Å²) in [5.41, 5.74) is 0. The van der Waals surface area contributed by atoms with Crippen molar-refractivity contribution >= 4 is 5.97 Å².